The summed E-state index contributed by atoms with van der Waals surface area (Å²) in [6, 6.07) is 9.99. The van der Waals surface area contributed by atoms with Gasteiger partial charge in [0, 0.05) is 31.4 Å². The maximum atomic E-state index is 5.94. The quantitative estimate of drug-likeness (QED) is 0.781. The van der Waals surface area contributed by atoms with Gasteiger partial charge in [0.05, 0.1) is 0 Å². The van der Waals surface area contributed by atoms with Gasteiger partial charge in [-0.2, -0.15) is 4.98 Å². The second kappa shape index (κ2) is 4.93. The maximum absolute atomic E-state index is 5.94. The highest BCUT2D eigenvalue weighted by atomic mass is 35.5. The van der Waals surface area contributed by atoms with Gasteiger partial charge in [-0.3, -0.25) is 0 Å². The fourth-order valence-corrected chi connectivity index (χ4v) is 2.41. The first-order valence-electron chi connectivity index (χ1n) is 6.09. The molecule has 0 spiro atoms. The topological polar surface area (TPSA) is 67.1 Å². The molecule has 0 unspecified atom stereocenters. The number of fused-ring (bicyclic) bond motifs is 1. The summed E-state index contributed by atoms with van der Waals surface area (Å²) in [6.07, 6.45) is 0. The number of benzene rings is 1. The molecule has 3 rings (SSSR count). The van der Waals surface area contributed by atoms with E-state index >= 15 is 0 Å². The normalized spacial score (nSPS) is 14.5. The van der Waals surface area contributed by atoms with Gasteiger partial charge in [-0.15, -0.1) is 0 Å². The molecule has 3 N–H and O–H groups in total. The highest BCUT2D eigenvalue weighted by Crippen LogP contribution is 2.24. The number of nitrogens with zero attached hydrogens (tertiary/aromatic N) is 3. The van der Waals surface area contributed by atoms with E-state index in [0.717, 1.165) is 31.1 Å². The van der Waals surface area contributed by atoms with E-state index in [0.29, 0.717) is 5.15 Å². The maximum Gasteiger partial charge on any atom is 0.223 e. The molecule has 0 bridgehead atoms. The predicted molar refractivity (Wildman–Crippen MR) is 77.4 cm³/mol. The molecule has 1 aromatic heterocycles. The van der Waals surface area contributed by atoms with Crippen LogP contribution >= 0.6 is 11.6 Å². The monoisotopic (exact) mass is 275 g/mol. The van der Waals surface area contributed by atoms with Crippen molar-refractivity contribution in [2.24, 2.45) is 0 Å². The molecular formula is C13H14ClN5. The lowest BCUT2D eigenvalue weighted by Gasteiger charge is -2.21. The number of hydrogen-bond donors (Lipinski definition) is 2. The zero-order chi connectivity index (χ0) is 13.2. The molecule has 0 radical (unpaired) electrons. The summed E-state index contributed by atoms with van der Waals surface area (Å²) in [5, 5.41) is 3.77. The molecule has 0 saturated carbocycles. The van der Waals surface area contributed by atoms with Crippen molar-refractivity contribution >= 4 is 29.1 Å². The lowest BCUT2D eigenvalue weighted by atomic mass is 10.2. The summed E-state index contributed by atoms with van der Waals surface area (Å²) in [4.78, 5) is 10.3. The number of anilines is 3. The Labute approximate surface area is 116 Å². The van der Waals surface area contributed by atoms with E-state index in [1.807, 2.05) is 12.1 Å². The first-order chi connectivity index (χ1) is 9.22. The van der Waals surface area contributed by atoms with Crippen molar-refractivity contribution in [1.82, 2.24) is 9.97 Å². The van der Waals surface area contributed by atoms with Crippen molar-refractivity contribution < 1.29 is 0 Å². The Morgan fingerprint density at radius 2 is 2.11 bits per heavy atom. The van der Waals surface area contributed by atoms with Crippen LogP contribution in [0.1, 0.15) is 5.56 Å². The summed E-state index contributed by atoms with van der Waals surface area (Å²) in [7, 11) is 0. The molecule has 2 aromatic rings. The Kier molecular flexibility index (Phi) is 3.13. The fourth-order valence-electron chi connectivity index (χ4n) is 2.22. The molecule has 98 valence electrons. The number of nitrogen functional groups attached to an aromatic ring is 1. The molecular weight excluding hydrogens is 262 g/mol. The van der Waals surface area contributed by atoms with Gasteiger partial charge >= 0.3 is 0 Å². The lowest BCUT2D eigenvalue weighted by molar-refractivity contribution is 0.809. The summed E-state index contributed by atoms with van der Waals surface area (Å²) >= 11 is 5.94. The number of aromatic nitrogens is 2. The third-order valence-electron chi connectivity index (χ3n) is 3.10. The largest absolute Gasteiger partial charge is 0.383 e. The van der Waals surface area contributed by atoms with Gasteiger partial charge in [-0.25, -0.2) is 4.98 Å². The average molecular weight is 276 g/mol. The minimum Gasteiger partial charge on any atom is -0.383 e. The van der Waals surface area contributed by atoms with Crippen LogP contribution in [0.2, 0.25) is 5.15 Å². The van der Waals surface area contributed by atoms with Crippen molar-refractivity contribution in [2.75, 3.05) is 29.0 Å². The van der Waals surface area contributed by atoms with Crippen LogP contribution in [-0.2, 0) is 6.54 Å². The summed E-state index contributed by atoms with van der Waals surface area (Å²) in [6.45, 7) is 2.45. The average Bonchev–Trinajstić information content (AvgIpc) is 2.59. The van der Waals surface area contributed by atoms with Gasteiger partial charge < -0.3 is 16.0 Å². The first-order valence-corrected chi connectivity index (χ1v) is 6.47. The minimum atomic E-state index is 0.202. The van der Waals surface area contributed by atoms with Crippen LogP contribution in [0.25, 0.3) is 0 Å². The minimum absolute atomic E-state index is 0.202. The predicted octanol–water partition coefficient (Wildman–Crippen LogP) is 2.14. The van der Waals surface area contributed by atoms with Crippen LogP contribution in [0.5, 0.6) is 0 Å². The molecule has 0 saturated heterocycles. The first kappa shape index (κ1) is 12.0. The van der Waals surface area contributed by atoms with Crippen LogP contribution < -0.4 is 16.0 Å². The summed E-state index contributed by atoms with van der Waals surface area (Å²) in [5.74, 6) is 0.962. The van der Waals surface area contributed by atoms with E-state index in [1.165, 1.54) is 5.56 Å². The molecule has 19 heavy (non-hydrogen) atoms. The van der Waals surface area contributed by atoms with Crippen molar-refractivity contribution in [3.63, 3.8) is 0 Å². The van der Waals surface area contributed by atoms with Crippen molar-refractivity contribution in [3.05, 3.63) is 41.0 Å². The molecule has 5 nitrogen and oxygen atoms in total. The summed E-state index contributed by atoms with van der Waals surface area (Å²) in [5.41, 5.74) is 8.05. The molecule has 1 aliphatic rings. The Morgan fingerprint density at radius 3 is 2.95 bits per heavy atom. The molecule has 0 aliphatic carbocycles. The molecule has 2 heterocycles. The van der Waals surface area contributed by atoms with E-state index < -0.39 is 0 Å². The fraction of sp³-hybridized carbons (Fsp3) is 0.231. The Morgan fingerprint density at radius 1 is 1.26 bits per heavy atom. The van der Waals surface area contributed by atoms with Crippen LogP contribution in [0.3, 0.4) is 0 Å². The molecule has 1 aromatic carbocycles. The third kappa shape index (κ3) is 2.56. The smallest absolute Gasteiger partial charge is 0.223 e. The van der Waals surface area contributed by atoms with E-state index in [4.69, 9.17) is 17.3 Å². The van der Waals surface area contributed by atoms with Crippen LogP contribution in [0.15, 0.2) is 30.3 Å². The lowest BCUT2D eigenvalue weighted by Crippen LogP contribution is -2.26. The zero-order valence-corrected chi connectivity index (χ0v) is 11.1. The van der Waals surface area contributed by atoms with Gasteiger partial charge in [-0.1, -0.05) is 29.8 Å². The van der Waals surface area contributed by atoms with Gasteiger partial charge in [0.1, 0.15) is 11.0 Å². The Hall–Kier alpha value is -2.01. The number of nitrogens with one attached hydrogen (secondary N) is 1. The van der Waals surface area contributed by atoms with Gasteiger partial charge in [0.25, 0.3) is 0 Å². The number of halogens is 1. The van der Waals surface area contributed by atoms with Crippen LogP contribution in [-0.4, -0.2) is 23.1 Å². The van der Waals surface area contributed by atoms with Crippen molar-refractivity contribution in [2.45, 2.75) is 6.54 Å². The number of nitrogens with two attached hydrogens (primary N) is 1. The number of hydrogen-bond acceptors (Lipinski definition) is 5. The van der Waals surface area contributed by atoms with Crippen molar-refractivity contribution in [1.29, 1.82) is 0 Å². The van der Waals surface area contributed by atoms with Crippen LogP contribution in [0, 0.1) is 0 Å². The van der Waals surface area contributed by atoms with Gasteiger partial charge in [0.2, 0.25) is 5.95 Å². The molecule has 0 fully saturated rings. The van der Waals surface area contributed by atoms with E-state index in [2.05, 4.69) is 32.3 Å². The second-order valence-corrected chi connectivity index (χ2v) is 4.80. The van der Waals surface area contributed by atoms with E-state index in [9.17, 15) is 0 Å². The Bertz CT molecular complexity index is 581. The standard InChI is InChI=1S/C13H14ClN5/c14-11-7-12(18-13(15)17-11)19-6-5-16-10-4-2-1-3-9(10)8-19/h1-4,7,16H,5-6,8H2,(H2,15,17,18). The molecule has 0 amide bonds. The second-order valence-electron chi connectivity index (χ2n) is 4.41. The molecule has 0 atom stereocenters. The van der Waals surface area contributed by atoms with Crippen molar-refractivity contribution in [3.8, 4) is 0 Å². The summed E-state index contributed by atoms with van der Waals surface area (Å²) < 4.78 is 0. The number of rotatable bonds is 1. The SMILES string of the molecule is Nc1nc(Cl)cc(N2CCNc3ccccc3C2)n1. The van der Waals surface area contributed by atoms with Crippen LogP contribution in [0.4, 0.5) is 17.5 Å². The highest BCUT2D eigenvalue weighted by Gasteiger charge is 2.16. The van der Waals surface area contributed by atoms with E-state index in [1.54, 1.807) is 6.07 Å². The zero-order valence-electron chi connectivity index (χ0n) is 10.3. The van der Waals surface area contributed by atoms with E-state index in [-0.39, 0.29) is 5.95 Å². The molecule has 1 aliphatic heterocycles. The highest BCUT2D eigenvalue weighted by molar-refractivity contribution is 6.29. The van der Waals surface area contributed by atoms with Gasteiger partial charge in [-0.05, 0) is 11.6 Å². The van der Waals surface area contributed by atoms with Gasteiger partial charge in [0.15, 0.2) is 0 Å². The number of para-hydroxylation sites is 1. The Balaban J connectivity index is 1.94. The third-order valence-corrected chi connectivity index (χ3v) is 3.29. The molecule has 6 heteroatoms.